The number of nitrogens with two attached hydrogens (primary N) is 1. The fourth-order valence-corrected chi connectivity index (χ4v) is 2.42. The third-order valence-corrected chi connectivity index (χ3v) is 3.72. The lowest BCUT2D eigenvalue weighted by Gasteiger charge is -2.26. The molecule has 3 nitrogen and oxygen atoms in total. The molecule has 0 bridgehead atoms. The minimum absolute atomic E-state index is 0. The van der Waals surface area contributed by atoms with Crippen molar-refractivity contribution < 1.29 is 4.74 Å². The van der Waals surface area contributed by atoms with Crippen LogP contribution in [0.4, 0.5) is 0 Å². The molecule has 0 aromatic heterocycles. The van der Waals surface area contributed by atoms with E-state index in [-0.39, 0.29) is 12.4 Å². The summed E-state index contributed by atoms with van der Waals surface area (Å²) >= 11 is 5.90. The van der Waals surface area contributed by atoms with E-state index in [4.69, 9.17) is 22.1 Å². The molecule has 108 valence electrons. The van der Waals surface area contributed by atoms with Crippen LogP contribution in [-0.4, -0.2) is 37.7 Å². The van der Waals surface area contributed by atoms with Gasteiger partial charge < -0.3 is 10.5 Å². The van der Waals surface area contributed by atoms with Crippen LogP contribution in [0.5, 0.6) is 5.75 Å². The Bertz CT molecular complexity index is 385. The van der Waals surface area contributed by atoms with Crippen LogP contribution >= 0.6 is 24.0 Å². The molecule has 2 N–H and O–H groups in total. The van der Waals surface area contributed by atoms with Gasteiger partial charge in [0.2, 0.25) is 0 Å². The van der Waals surface area contributed by atoms with Gasteiger partial charge >= 0.3 is 0 Å². The molecular weight excluding hydrogens is 283 g/mol. The van der Waals surface area contributed by atoms with Crippen LogP contribution in [0.25, 0.3) is 0 Å². The molecule has 0 amide bonds. The zero-order chi connectivity index (χ0) is 13.0. The van der Waals surface area contributed by atoms with Crippen LogP contribution in [-0.2, 0) is 0 Å². The number of rotatable bonds is 7. The number of nitrogens with zero attached hydrogens (tertiary/aromatic N) is 1. The molecule has 0 radical (unpaired) electrons. The van der Waals surface area contributed by atoms with Crippen molar-refractivity contribution in [3.8, 4) is 5.75 Å². The van der Waals surface area contributed by atoms with Gasteiger partial charge in [0, 0.05) is 24.2 Å². The second-order valence-electron chi connectivity index (χ2n) is 4.93. The van der Waals surface area contributed by atoms with E-state index >= 15 is 0 Å². The van der Waals surface area contributed by atoms with E-state index in [1.165, 1.54) is 12.8 Å². The number of halogens is 2. The predicted octanol–water partition coefficient (Wildman–Crippen LogP) is 2.81. The van der Waals surface area contributed by atoms with Gasteiger partial charge in [0.05, 0.1) is 0 Å². The maximum absolute atomic E-state index is 5.90. The van der Waals surface area contributed by atoms with Gasteiger partial charge in [-0.2, -0.15) is 0 Å². The largest absolute Gasteiger partial charge is 0.492 e. The molecule has 1 aliphatic carbocycles. The fourth-order valence-electron chi connectivity index (χ4n) is 2.24. The van der Waals surface area contributed by atoms with Crippen LogP contribution in [0.2, 0.25) is 5.02 Å². The van der Waals surface area contributed by atoms with Crippen molar-refractivity contribution in [1.29, 1.82) is 0 Å². The average molecular weight is 305 g/mol. The Kier molecular flexibility index (Phi) is 6.94. The Morgan fingerprint density at radius 3 is 2.79 bits per heavy atom. The molecule has 1 saturated carbocycles. The molecule has 1 fully saturated rings. The van der Waals surface area contributed by atoms with E-state index in [1.54, 1.807) is 0 Å². The SMILES string of the molecule is CN(CCOc1cccc(Cl)c1)C(CN)C1CC1.Cl. The number of hydrogen-bond donors (Lipinski definition) is 1. The van der Waals surface area contributed by atoms with Crippen molar-refractivity contribution in [3.63, 3.8) is 0 Å². The molecule has 0 heterocycles. The smallest absolute Gasteiger partial charge is 0.120 e. The van der Waals surface area contributed by atoms with E-state index in [9.17, 15) is 0 Å². The van der Waals surface area contributed by atoms with Crippen molar-refractivity contribution in [2.45, 2.75) is 18.9 Å². The quantitative estimate of drug-likeness (QED) is 0.842. The molecule has 1 atom stereocenters. The highest BCUT2D eigenvalue weighted by molar-refractivity contribution is 6.30. The summed E-state index contributed by atoms with van der Waals surface area (Å²) in [7, 11) is 2.12. The summed E-state index contributed by atoms with van der Waals surface area (Å²) in [6.07, 6.45) is 2.64. The highest BCUT2D eigenvalue weighted by Gasteiger charge is 2.32. The van der Waals surface area contributed by atoms with Crippen molar-refractivity contribution >= 4 is 24.0 Å². The van der Waals surface area contributed by atoms with Gasteiger partial charge in [-0.3, -0.25) is 4.90 Å². The second-order valence-corrected chi connectivity index (χ2v) is 5.36. The van der Waals surface area contributed by atoms with Gasteiger partial charge in [-0.1, -0.05) is 17.7 Å². The minimum Gasteiger partial charge on any atom is -0.492 e. The summed E-state index contributed by atoms with van der Waals surface area (Å²) in [5.74, 6) is 1.62. The molecule has 5 heteroatoms. The van der Waals surface area contributed by atoms with Gasteiger partial charge in [0.15, 0.2) is 0 Å². The van der Waals surface area contributed by atoms with Gasteiger partial charge in [0.1, 0.15) is 12.4 Å². The van der Waals surface area contributed by atoms with E-state index in [0.717, 1.165) is 24.8 Å². The van der Waals surface area contributed by atoms with Crippen LogP contribution in [0.15, 0.2) is 24.3 Å². The summed E-state index contributed by atoms with van der Waals surface area (Å²) in [5, 5.41) is 0.707. The molecule has 19 heavy (non-hydrogen) atoms. The highest BCUT2D eigenvalue weighted by atomic mass is 35.5. The first-order valence-corrected chi connectivity index (χ1v) is 6.87. The monoisotopic (exact) mass is 304 g/mol. The first kappa shape index (κ1) is 16.6. The topological polar surface area (TPSA) is 38.5 Å². The zero-order valence-corrected chi connectivity index (χ0v) is 12.8. The molecule has 1 aliphatic rings. The van der Waals surface area contributed by atoms with Crippen LogP contribution in [0.3, 0.4) is 0 Å². The lowest BCUT2D eigenvalue weighted by molar-refractivity contribution is 0.180. The molecule has 0 saturated heterocycles. The van der Waals surface area contributed by atoms with Crippen molar-refractivity contribution in [3.05, 3.63) is 29.3 Å². The molecule has 0 aliphatic heterocycles. The molecule has 1 unspecified atom stereocenters. The molecular formula is C14H22Cl2N2O. The molecule has 1 aromatic rings. The van der Waals surface area contributed by atoms with E-state index in [1.807, 2.05) is 24.3 Å². The van der Waals surface area contributed by atoms with Gasteiger partial charge in [-0.05, 0) is 44.0 Å². The van der Waals surface area contributed by atoms with Crippen molar-refractivity contribution in [2.24, 2.45) is 11.7 Å². The van der Waals surface area contributed by atoms with Crippen molar-refractivity contribution in [1.82, 2.24) is 4.90 Å². The van der Waals surface area contributed by atoms with E-state index in [2.05, 4.69) is 11.9 Å². The highest BCUT2D eigenvalue weighted by Crippen LogP contribution is 2.34. The first-order valence-electron chi connectivity index (χ1n) is 6.49. The summed E-state index contributed by atoms with van der Waals surface area (Å²) in [4.78, 5) is 2.31. The summed E-state index contributed by atoms with van der Waals surface area (Å²) in [6, 6.07) is 8.01. The average Bonchev–Trinajstić information content (AvgIpc) is 3.14. The Balaban J connectivity index is 0.00000180. The van der Waals surface area contributed by atoms with Crippen LogP contribution in [0.1, 0.15) is 12.8 Å². The summed E-state index contributed by atoms with van der Waals surface area (Å²) in [5.41, 5.74) is 5.82. The number of likely N-dealkylation sites (N-methyl/N-ethyl adjacent to an activating group) is 1. The molecule has 0 spiro atoms. The maximum Gasteiger partial charge on any atom is 0.120 e. The summed E-state index contributed by atoms with van der Waals surface area (Å²) < 4.78 is 5.69. The number of benzene rings is 1. The second kappa shape index (κ2) is 7.95. The minimum atomic E-state index is 0. The summed E-state index contributed by atoms with van der Waals surface area (Å²) in [6.45, 7) is 2.29. The van der Waals surface area contributed by atoms with Crippen molar-refractivity contribution in [2.75, 3.05) is 26.7 Å². The van der Waals surface area contributed by atoms with Crippen LogP contribution in [0, 0.1) is 5.92 Å². The molecule has 2 rings (SSSR count). The predicted molar refractivity (Wildman–Crippen MR) is 82.4 cm³/mol. The number of hydrogen-bond acceptors (Lipinski definition) is 3. The Labute approximate surface area is 126 Å². The van der Waals surface area contributed by atoms with Gasteiger partial charge in [-0.15, -0.1) is 12.4 Å². The molecule has 1 aromatic carbocycles. The fraction of sp³-hybridized carbons (Fsp3) is 0.571. The standard InChI is InChI=1S/C14H21ClN2O.ClH/c1-17(14(10-16)11-5-6-11)7-8-18-13-4-2-3-12(15)9-13;/h2-4,9,11,14H,5-8,10,16H2,1H3;1H. The Morgan fingerprint density at radius 2 is 2.21 bits per heavy atom. The number of ether oxygens (including phenoxy) is 1. The third-order valence-electron chi connectivity index (χ3n) is 3.48. The Hall–Kier alpha value is -0.480. The van der Waals surface area contributed by atoms with Gasteiger partial charge in [0.25, 0.3) is 0 Å². The van der Waals surface area contributed by atoms with Gasteiger partial charge in [-0.25, -0.2) is 0 Å². The lowest BCUT2D eigenvalue weighted by Crippen LogP contribution is -2.41. The zero-order valence-electron chi connectivity index (χ0n) is 11.2. The Morgan fingerprint density at radius 1 is 1.47 bits per heavy atom. The lowest BCUT2D eigenvalue weighted by atomic mass is 10.1. The van der Waals surface area contributed by atoms with E-state index < -0.39 is 0 Å². The third kappa shape index (κ3) is 5.19. The van der Waals surface area contributed by atoms with E-state index in [0.29, 0.717) is 17.7 Å². The normalized spacial score (nSPS) is 16.0. The first-order chi connectivity index (χ1) is 8.70. The van der Waals surface area contributed by atoms with Crippen LogP contribution < -0.4 is 10.5 Å². The maximum atomic E-state index is 5.90.